The highest BCUT2D eigenvalue weighted by Crippen LogP contribution is 2.32. The van der Waals surface area contributed by atoms with Gasteiger partial charge >= 0.3 is 0 Å². The van der Waals surface area contributed by atoms with Gasteiger partial charge in [0.15, 0.2) is 0 Å². The third kappa shape index (κ3) is 5.47. The molecule has 0 bridgehead atoms. The number of amides is 1. The summed E-state index contributed by atoms with van der Waals surface area (Å²) in [5.74, 6) is 0.287. The van der Waals surface area contributed by atoms with Gasteiger partial charge in [0.2, 0.25) is 11.8 Å². The van der Waals surface area contributed by atoms with E-state index in [9.17, 15) is 14.9 Å². The normalized spacial score (nSPS) is 13.0. The monoisotopic (exact) mass is 471 g/mol. The third-order valence-electron chi connectivity index (χ3n) is 5.18. The lowest BCUT2D eigenvalue weighted by Crippen LogP contribution is -2.32. The average molecular weight is 472 g/mol. The second kappa shape index (κ2) is 9.97. The Kier molecular flexibility index (Phi) is 6.85. The first kappa shape index (κ1) is 22.7. The van der Waals surface area contributed by atoms with Crippen molar-refractivity contribution < 1.29 is 18.9 Å². The van der Waals surface area contributed by atoms with E-state index >= 15 is 0 Å². The number of hydrogen-bond acceptors (Lipinski definition) is 8. The van der Waals surface area contributed by atoms with E-state index in [0.717, 1.165) is 18.4 Å². The Morgan fingerprint density at radius 2 is 2.03 bits per heavy atom. The van der Waals surface area contributed by atoms with Crippen LogP contribution in [0.15, 0.2) is 46.9 Å². The molecule has 10 nitrogen and oxygen atoms in total. The maximum Gasteiger partial charge on any atom is 0.293 e. The molecule has 0 atom stereocenters. The molecule has 33 heavy (non-hydrogen) atoms. The van der Waals surface area contributed by atoms with Crippen molar-refractivity contribution >= 4 is 28.9 Å². The number of nitrogens with one attached hydrogen (secondary N) is 1. The second-order valence-electron chi connectivity index (χ2n) is 7.58. The summed E-state index contributed by atoms with van der Waals surface area (Å²) >= 11 is 5.92. The molecule has 1 aromatic heterocycles. The van der Waals surface area contributed by atoms with Crippen LogP contribution >= 0.6 is 11.6 Å². The molecule has 1 aliphatic carbocycles. The summed E-state index contributed by atoms with van der Waals surface area (Å²) in [4.78, 5) is 25.9. The molecule has 11 heteroatoms. The standard InChI is InChI=1S/C22H22ClN5O5/c1-32-11-10-24-18-9-4-15(12-19(18)28(30)31)22(29)27(17-7-8-17)13-20-25-26-21(33-20)14-2-5-16(23)6-3-14/h2-6,9,12,17,24H,7-8,10-11,13H2,1H3. The van der Waals surface area contributed by atoms with Crippen molar-refractivity contribution in [1.82, 2.24) is 15.1 Å². The molecular formula is C22H22ClN5O5. The average Bonchev–Trinajstić information content (AvgIpc) is 3.55. The molecule has 0 aliphatic heterocycles. The second-order valence-corrected chi connectivity index (χ2v) is 8.02. The summed E-state index contributed by atoms with van der Waals surface area (Å²) in [5, 5.41) is 23.2. The first-order chi connectivity index (χ1) is 16.0. The predicted octanol–water partition coefficient (Wildman–Crippen LogP) is 4.16. The van der Waals surface area contributed by atoms with Crippen LogP contribution in [0.3, 0.4) is 0 Å². The molecule has 3 aromatic rings. The van der Waals surface area contributed by atoms with Crippen molar-refractivity contribution in [2.75, 3.05) is 25.6 Å². The zero-order chi connectivity index (χ0) is 23.4. The van der Waals surface area contributed by atoms with Gasteiger partial charge in [-0.15, -0.1) is 10.2 Å². The number of carbonyl (C=O) groups excluding carboxylic acids is 1. The summed E-state index contributed by atoms with van der Waals surface area (Å²) in [6.07, 6.45) is 1.70. The fraction of sp³-hybridized carbons (Fsp3) is 0.318. The summed E-state index contributed by atoms with van der Waals surface area (Å²) in [5.41, 5.74) is 1.10. The van der Waals surface area contributed by atoms with Crippen molar-refractivity contribution in [3.05, 3.63) is 69.1 Å². The van der Waals surface area contributed by atoms with E-state index in [0.29, 0.717) is 29.8 Å². The number of ether oxygens (including phenoxy) is 1. The lowest BCUT2D eigenvalue weighted by atomic mass is 10.1. The quantitative estimate of drug-likeness (QED) is 0.265. The molecule has 0 radical (unpaired) electrons. The van der Waals surface area contributed by atoms with E-state index in [1.54, 1.807) is 42.3 Å². The minimum Gasteiger partial charge on any atom is -0.419 e. The van der Waals surface area contributed by atoms with E-state index < -0.39 is 4.92 Å². The number of nitrogens with zero attached hydrogens (tertiary/aromatic N) is 4. The first-order valence-corrected chi connectivity index (χ1v) is 10.7. The van der Waals surface area contributed by atoms with Crippen molar-refractivity contribution in [2.45, 2.75) is 25.4 Å². The minimum absolute atomic E-state index is 0.0296. The molecular weight excluding hydrogens is 450 g/mol. The number of halogens is 1. The van der Waals surface area contributed by atoms with Gasteiger partial charge in [-0.3, -0.25) is 14.9 Å². The molecule has 1 amide bonds. The van der Waals surface area contributed by atoms with Crippen molar-refractivity contribution in [1.29, 1.82) is 0 Å². The zero-order valence-corrected chi connectivity index (χ0v) is 18.6. The SMILES string of the molecule is COCCNc1ccc(C(=O)N(Cc2nnc(-c3ccc(Cl)cc3)o2)C2CC2)cc1[N+](=O)[O-]. The fourth-order valence-corrected chi connectivity index (χ4v) is 3.47. The summed E-state index contributed by atoms with van der Waals surface area (Å²) in [6.45, 7) is 0.924. The van der Waals surface area contributed by atoms with Gasteiger partial charge < -0.3 is 19.4 Å². The summed E-state index contributed by atoms with van der Waals surface area (Å²) < 4.78 is 10.7. The minimum atomic E-state index is -0.510. The fourth-order valence-electron chi connectivity index (χ4n) is 3.34. The predicted molar refractivity (Wildman–Crippen MR) is 121 cm³/mol. The summed E-state index contributed by atoms with van der Waals surface area (Å²) in [6, 6.07) is 11.4. The molecule has 1 aliphatic rings. The van der Waals surface area contributed by atoms with Gasteiger partial charge in [-0.2, -0.15) is 0 Å². The van der Waals surface area contributed by atoms with Gasteiger partial charge in [0.25, 0.3) is 11.6 Å². The van der Waals surface area contributed by atoms with Gasteiger partial charge in [0.1, 0.15) is 5.69 Å². The van der Waals surface area contributed by atoms with Gasteiger partial charge in [-0.05, 0) is 49.2 Å². The van der Waals surface area contributed by atoms with Crippen LogP contribution in [0.5, 0.6) is 0 Å². The van der Waals surface area contributed by atoms with Crippen LogP contribution in [0, 0.1) is 10.1 Å². The van der Waals surface area contributed by atoms with E-state index in [1.165, 1.54) is 12.1 Å². The van der Waals surface area contributed by atoms with E-state index in [2.05, 4.69) is 15.5 Å². The van der Waals surface area contributed by atoms with Gasteiger partial charge in [-0.1, -0.05) is 11.6 Å². The van der Waals surface area contributed by atoms with E-state index in [-0.39, 0.29) is 35.6 Å². The smallest absolute Gasteiger partial charge is 0.293 e. The van der Waals surface area contributed by atoms with E-state index in [4.69, 9.17) is 20.8 Å². The number of methoxy groups -OCH3 is 1. The highest BCUT2D eigenvalue weighted by atomic mass is 35.5. The van der Waals surface area contributed by atoms with Gasteiger partial charge in [0, 0.05) is 41.9 Å². The summed E-state index contributed by atoms with van der Waals surface area (Å²) in [7, 11) is 1.55. The number of nitro groups is 1. The Morgan fingerprint density at radius 3 is 2.70 bits per heavy atom. The molecule has 0 saturated heterocycles. The molecule has 0 unspecified atom stereocenters. The molecule has 1 N–H and O–H groups in total. The number of hydrogen-bond donors (Lipinski definition) is 1. The Labute approximate surface area is 194 Å². The van der Waals surface area contributed by atoms with Crippen molar-refractivity contribution in [3.8, 4) is 11.5 Å². The highest BCUT2D eigenvalue weighted by molar-refractivity contribution is 6.30. The van der Waals surface area contributed by atoms with Crippen LogP contribution in [0.2, 0.25) is 5.02 Å². The number of benzene rings is 2. The third-order valence-corrected chi connectivity index (χ3v) is 5.43. The molecule has 0 spiro atoms. The maximum atomic E-state index is 13.2. The maximum absolute atomic E-state index is 13.2. The Bertz CT molecular complexity index is 1150. The van der Waals surface area contributed by atoms with Crippen molar-refractivity contribution in [2.24, 2.45) is 0 Å². The van der Waals surface area contributed by atoms with Gasteiger partial charge in [-0.25, -0.2) is 0 Å². The molecule has 172 valence electrons. The van der Waals surface area contributed by atoms with Crippen LogP contribution in [0.25, 0.3) is 11.5 Å². The van der Waals surface area contributed by atoms with E-state index in [1.807, 2.05) is 0 Å². The molecule has 1 heterocycles. The van der Waals surface area contributed by atoms with Crippen molar-refractivity contribution in [3.63, 3.8) is 0 Å². The first-order valence-electron chi connectivity index (χ1n) is 10.4. The molecule has 2 aromatic carbocycles. The number of aromatic nitrogens is 2. The Balaban J connectivity index is 1.53. The topological polar surface area (TPSA) is 124 Å². The van der Waals surface area contributed by atoms with Crippen LogP contribution < -0.4 is 5.32 Å². The number of anilines is 1. The Morgan fingerprint density at radius 1 is 1.27 bits per heavy atom. The number of nitro benzene ring substituents is 1. The van der Waals surface area contributed by atoms with Crippen LogP contribution in [-0.4, -0.2) is 52.2 Å². The largest absolute Gasteiger partial charge is 0.419 e. The molecule has 4 rings (SSSR count). The zero-order valence-electron chi connectivity index (χ0n) is 17.9. The lowest BCUT2D eigenvalue weighted by molar-refractivity contribution is -0.384. The van der Waals surface area contributed by atoms with Crippen LogP contribution in [-0.2, 0) is 11.3 Å². The molecule has 1 fully saturated rings. The number of rotatable bonds is 10. The molecule has 1 saturated carbocycles. The van der Waals surface area contributed by atoms with Crippen LogP contribution in [0.4, 0.5) is 11.4 Å². The Hall–Kier alpha value is -3.50. The number of carbonyl (C=O) groups is 1. The highest BCUT2D eigenvalue weighted by Gasteiger charge is 2.35. The lowest BCUT2D eigenvalue weighted by Gasteiger charge is -2.20. The van der Waals surface area contributed by atoms with Crippen LogP contribution in [0.1, 0.15) is 29.1 Å². The van der Waals surface area contributed by atoms with Gasteiger partial charge in [0.05, 0.1) is 18.1 Å².